The summed E-state index contributed by atoms with van der Waals surface area (Å²) in [6.07, 6.45) is 2.61. The molecule has 0 saturated carbocycles. The van der Waals surface area contributed by atoms with Crippen LogP contribution < -0.4 is 10.5 Å². The van der Waals surface area contributed by atoms with E-state index in [0.29, 0.717) is 22.7 Å². The van der Waals surface area contributed by atoms with Crippen molar-refractivity contribution >= 4 is 38.7 Å². The summed E-state index contributed by atoms with van der Waals surface area (Å²) in [5.41, 5.74) is 6.28. The largest absolute Gasteiger partial charge is 0.369 e. The first-order valence-corrected chi connectivity index (χ1v) is 8.10. The molecular formula is C11H16ClN5O2S. The van der Waals surface area contributed by atoms with Crippen LogP contribution in [-0.2, 0) is 16.6 Å². The first-order valence-electron chi connectivity index (χ1n) is 5.84. The van der Waals surface area contributed by atoms with Crippen LogP contribution in [0.3, 0.4) is 0 Å². The van der Waals surface area contributed by atoms with Gasteiger partial charge < -0.3 is 5.73 Å². The van der Waals surface area contributed by atoms with E-state index in [1.165, 1.54) is 6.20 Å². The number of imidazole rings is 1. The van der Waals surface area contributed by atoms with Gasteiger partial charge in [0.2, 0.25) is 16.0 Å². The summed E-state index contributed by atoms with van der Waals surface area (Å²) in [7, 11) is -3.32. The molecule has 0 aliphatic carbocycles. The van der Waals surface area contributed by atoms with Crippen LogP contribution in [0.4, 0.5) is 5.95 Å². The van der Waals surface area contributed by atoms with E-state index in [-0.39, 0.29) is 5.95 Å². The fourth-order valence-electron chi connectivity index (χ4n) is 2.09. The molecule has 2 rings (SSSR count). The first kappa shape index (κ1) is 15.0. The van der Waals surface area contributed by atoms with Crippen LogP contribution in [0.1, 0.15) is 13.8 Å². The quantitative estimate of drug-likeness (QED) is 0.875. The van der Waals surface area contributed by atoms with Crippen molar-refractivity contribution < 1.29 is 8.42 Å². The SMILES string of the molecule is CC(C)(Cn1c(N)nc2cc(Cl)cnc21)NS(C)(=O)=O. The number of hydrogen-bond acceptors (Lipinski definition) is 5. The number of sulfonamides is 1. The van der Waals surface area contributed by atoms with E-state index in [2.05, 4.69) is 14.7 Å². The molecule has 7 nitrogen and oxygen atoms in total. The highest BCUT2D eigenvalue weighted by molar-refractivity contribution is 7.88. The number of rotatable bonds is 4. The van der Waals surface area contributed by atoms with Crippen molar-refractivity contribution in [2.75, 3.05) is 12.0 Å². The molecule has 0 fully saturated rings. The zero-order valence-corrected chi connectivity index (χ0v) is 13.0. The molecule has 0 aliphatic heterocycles. The third-order valence-electron chi connectivity index (χ3n) is 2.60. The van der Waals surface area contributed by atoms with Crippen molar-refractivity contribution in [3.05, 3.63) is 17.3 Å². The van der Waals surface area contributed by atoms with Gasteiger partial charge in [-0.25, -0.2) is 23.1 Å². The molecule has 9 heteroatoms. The number of nitrogens with one attached hydrogen (secondary N) is 1. The fourth-order valence-corrected chi connectivity index (χ4v) is 3.31. The second kappa shape index (κ2) is 4.87. The number of nitrogens with zero attached hydrogens (tertiary/aromatic N) is 3. The van der Waals surface area contributed by atoms with E-state index in [1.54, 1.807) is 24.5 Å². The van der Waals surface area contributed by atoms with Gasteiger partial charge in [0.15, 0.2) is 5.65 Å². The van der Waals surface area contributed by atoms with Crippen LogP contribution in [0.5, 0.6) is 0 Å². The Morgan fingerprint density at radius 2 is 2.15 bits per heavy atom. The molecule has 110 valence electrons. The summed E-state index contributed by atoms with van der Waals surface area (Å²) in [4.78, 5) is 8.36. The summed E-state index contributed by atoms with van der Waals surface area (Å²) >= 11 is 5.86. The van der Waals surface area contributed by atoms with Gasteiger partial charge in [-0.05, 0) is 19.9 Å². The van der Waals surface area contributed by atoms with Gasteiger partial charge in [-0.2, -0.15) is 0 Å². The zero-order chi connectivity index (χ0) is 15.1. The van der Waals surface area contributed by atoms with Crippen LogP contribution >= 0.6 is 11.6 Å². The molecule has 0 bridgehead atoms. The van der Waals surface area contributed by atoms with Gasteiger partial charge in [-0.1, -0.05) is 11.6 Å². The minimum atomic E-state index is -3.32. The minimum absolute atomic E-state index is 0.262. The van der Waals surface area contributed by atoms with Crippen LogP contribution in [0, 0.1) is 0 Å². The first-order chi connectivity index (χ1) is 9.07. The van der Waals surface area contributed by atoms with Crippen molar-refractivity contribution in [2.45, 2.75) is 25.9 Å². The van der Waals surface area contributed by atoms with Gasteiger partial charge in [-0.15, -0.1) is 0 Å². The van der Waals surface area contributed by atoms with Gasteiger partial charge in [0.05, 0.1) is 11.3 Å². The van der Waals surface area contributed by atoms with E-state index in [0.717, 1.165) is 6.26 Å². The Morgan fingerprint density at radius 3 is 2.75 bits per heavy atom. The van der Waals surface area contributed by atoms with Crippen molar-refractivity contribution in [2.24, 2.45) is 0 Å². The fraction of sp³-hybridized carbons (Fsp3) is 0.455. The Morgan fingerprint density at radius 1 is 1.50 bits per heavy atom. The average Bonchev–Trinajstić information content (AvgIpc) is 2.50. The van der Waals surface area contributed by atoms with Crippen LogP contribution in [0.2, 0.25) is 5.02 Å². The lowest BCUT2D eigenvalue weighted by atomic mass is 10.1. The monoisotopic (exact) mass is 317 g/mol. The molecule has 0 radical (unpaired) electrons. The van der Waals surface area contributed by atoms with Crippen molar-refractivity contribution in [3.63, 3.8) is 0 Å². The molecule has 0 aliphatic rings. The summed E-state index contributed by atoms with van der Waals surface area (Å²) in [5.74, 6) is 0.262. The predicted molar refractivity (Wildman–Crippen MR) is 79.0 cm³/mol. The Bertz CT molecular complexity index is 754. The van der Waals surface area contributed by atoms with E-state index >= 15 is 0 Å². The van der Waals surface area contributed by atoms with Gasteiger partial charge in [0.1, 0.15) is 5.52 Å². The highest BCUT2D eigenvalue weighted by Crippen LogP contribution is 2.21. The third-order valence-corrected chi connectivity index (χ3v) is 3.73. The summed E-state index contributed by atoms with van der Waals surface area (Å²) < 4.78 is 26.9. The van der Waals surface area contributed by atoms with E-state index < -0.39 is 15.6 Å². The third kappa shape index (κ3) is 3.38. The van der Waals surface area contributed by atoms with Gasteiger partial charge >= 0.3 is 0 Å². The topological polar surface area (TPSA) is 103 Å². The molecule has 0 aromatic carbocycles. The highest BCUT2D eigenvalue weighted by Gasteiger charge is 2.25. The lowest BCUT2D eigenvalue weighted by Gasteiger charge is -2.25. The molecule has 0 amide bonds. The van der Waals surface area contributed by atoms with Crippen LogP contribution in [-0.4, -0.2) is 34.7 Å². The molecule has 2 aromatic heterocycles. The Labute approximate surface area is 122 Å². The second-order valence-electron chi connectivity index (χ2n) is 5.31. The van der Waals surface area contributed by atoms with Gasteiger partial charge in [0, 0.05) is 18.3 Å². The molecule has 2 heterocycles. The predicted octanol–water partition coefficient (Wildman–Crippen LogP) is 0.995. The molecule has 0 spiro atoms. The number of hydrogen-bond donors (Lipinski definition) is 2. The second-order valence-corrected chi connectivity index (χ2v) is 7.50. The zero-order valence-electron chi connectivity index (χ0n) is 11.4. The number of fused-ring (bicyclic) bond motifs is 1. The van der Waals surface area contributed by atoms with Gasteiger partial charge in [0.25, 0.3) is 0 Å². The summed E-state index contributed by atoms with van der Waals surface area (Å²) in [6, 6.07) is 1.66. The lowest BCUT2D eigenvalue weighted by Crippen LogP contribution is -2.46. The number of nitrogen functional groups attached to an aromatic ring is 1. The normalized spacial score (nSPS) is 13.0. The standard InChI is InChI=1S/C11H16ClN5O2S/c1-11(2,16-20(3,18)19)6-17-9-8(15-10(17)13)4-7(12)5-14-9/h4-5,16H,6H2,1-3H3,(H2,13,15). The minimum Gasteiger partial charge on any atom is -0.369 e. The number of nitrogens with two attached hydrogens (primary N) is 1. The average molecular weight is 318 g/mol. The molecule has 2 aromatic rings. The van der Waals surface area contributed by atoms with E-state index in [1.807, 2.05) is 0 Å². The molecule has 0 atom stereocenters. The highest BCUT2D eigenvalue weighted by atomic mass is 35.5. The maximum absolute atomic E-state index is 11.4. The molecule has 20 heavy (non-hydrogen) atoms. The summed E-state index contributed by atoms with van der Waals surface area (Å²) in [5, 5.41) is 0.468. The smallest absolute Gasteiger partial charge is 0.209 e. The number of halogens is 1. The Hall–Kier alpha value is -1.38. The van der Waals surface area contributed by atoms with Crippen molar-refractivity contribution in [3.8, 4) is 0 Å². The number of aromatic nitrogens is 3. The van der Waals surface area contributed by atoms with Gasteiger partial charge in [-0.3, -0.25) is 4.57 Å². The van der Waals surface area contributed by atoms with Crippen LogP contribution in [0.15, 0.2) is 12.3 Å². The Balaban J connectivity index is 2.41. The molecular weight excluding hydrogens is 302 g/mol. The molecule has 0 unspecified atom stereocenters. The van der Waals surface area contributed by atoms with Crippen molar-refractivity contribution in [1.82, 2.24) is 19.3 Å². The van der Waals surface area contributed by atoms with E-state index in [4.69, 9.17) is 17.3 Å². The molecule has 3 N–H and O–H groups in total. The van der Waals surface area contributed by atoms with Crippen LogP contribution in [0.25, 0.3) is 11.2 Å². The Kier molecular flexibility index (Phi) is 3.66. The van der Waals surface area contributed by atoms with Crippen molar-refractivity contribution in [1.29, 1.82) is 0 Å². The number of pyridine rings is 1. The number of anilines is 1. The molecule has 0 saturated heterocycles. The summed E-state index contributed by atoms with van der Waals surface area (Å²) in [6.45, 7) is 3.82. The lowest BCUT2D eigenvalue weighted by molar-refractivity contribution is 0.397. The maximum atomic E-state index is 11.4. The van der Waals surface area contributed by atoms with E-state index in [9.17, 15) is 8.42 Å². The maximum Gasteiger partial charge on any atom is 0.209 e.